The summed E-state index contributed by atoms with van der Waals surface area (Å²) in [7, 11) is 1.45. The molecule has 0 aliphatic carbocycles. The van der Waals surface area contributed by atoms with E-state index in [0.29, 0.717) is 32.8 Å². The number of urea groups is 1. The van der Waals surface area contributed by atoms with Gasteiger partial charge in [0.05, 0.1) is 22.2 Å². The van der Waals surface area contributed by atoms with Crippen LogP contribution in [0.3, 0.4) is 0 Å². The van der Waals surface area contributed by atoms with Gasteiger partial charge in [-0.25, -0.2) is 9.69 Å². The van der Waals surface area contributed by atoms with Crippen LogP contribution in [0.2, 0.25) is 0 Å². The van der Waals surface area contributed by atoms with Crippen molar-refractivity contribution in [3.8, 4) is 11.5 Å². The van der Waals surface area contributed by atoms with Crippen molar-refractivity contribution < 1.29 is 28.8 Å². The van der Waals surface area contributed by atoms with E-state index in [1.807, 2.05) is 48.5 Å². The van der Waals surface area contributed by atoms with Crippen LogP contribution in [-0.2, 0) is 16.2 Å². The molecule has 0 saturated carbocycles. The SMILES string of the molecule is COc1cc(/C=C2\C(=O)NC(=O)N(c3cc4c5c(c3)[C@H](c3ccccc3)CCN5CC[C@@H]4c3ccccc3)C2=O)cc(Br)c1OCc1cccc([N+](=O)[O-])c1. The molecule has 1 N–H and O–H groups in total. The topological polar surface area (TPSA) is 131 Å². The summed E-state index contributed by atoms with van der Waals surface area (Å²) in [6, 6.07) is 33.0. The first-order valence-corrected chi connectivity index (χ1v) is 18.7. The normalized spacial score (nSPS) is 18.5. The largest absolute Gasteiger partial charge is 0.493 e. The minimum Gasteiger partial charge on any atom is -0.493 e. The first kappa shape index (κ1) is 35.7. The van der Waals surface area contributed by atoms with Crippen molar-refractivity contribution in [2.75, 3.05) is 30.0 Å². The Labute approximate surface area is 325 Å². The quantitative estimate of drug-likeness (QED) is 0.0680. The fourth-order valence-corrected chi connectivity index (χ4v) is 8.48. The van der Waals surface area contributed by atoms with Crippen LogP contribution in [0.15, 0.2) is 119 Å². The number of hydrogen-bond donors (Lipinski definition) is 1. The van der Waals surface area contributed by atoms with E-state index in [9.17, 15) is 24.5 Å². The molecule has 1 fully saturated rings. The maximum atomic E-state index is 14.4. The number of nitro benzene ring substituents is 1. The number of hydrogen-bond acceptors (Lipinski definition) is 8. The molecule has 11 nitrogen and oxygen atoms in total. The van der Waals surface area contributed by atoms with E-state index in [-0.39, 0.29) is 29.7 Å². The second-order valence-electron chi connectivity index (χ2n) is 13.7. The van der Waals surface area contributed by atoms with Crippen molar-refractivity contribution in [3.63, 3.8) is 0 Å². The zero-order chi connectivity index (χ0) is 38.2. The average Bonchev–Trinajstić information content (AvgIpc) is 3.19. The smallest absolute Gasteiger partial charge is 0.335 e. The van der Waals surface area contributed by atoms with Gasteiger partial charge in [-0.05, 0) is 92.5 Å². The van der Waals surface area contributed by atoms with E-state index in [0.717, 1.165) is 58.8 Å². The van der Waals surface area contributed by atoms with Gasteiger partial charge in [-0.15, -0.1) is 0 Å². The molecule has 5 aromatic rings. The number of ether oxygens (including phenoxy) is 2. The van der Waals surface area contributed by atoms with Gasteiger partial charge in [-0.2, -0.15) is 0 Å². The Hall–Kier alpha value is -6.27. The first-order chi connectivity index (χ1) is 26.7. The molecule has 5 aromatic carbocycles. The summed E-state index contributed by atoms with van der Waals surface area (Å²) in [6.07, 6.45) is 3.17. The van der Waals surface area contributed by atoms with Crippen LogP contribution in [0, 0.1) is 10.1 Å². The minimum absolute atomic E-state index is 0.0197. The number of anilines is 2. The molecule has 3 heterocycles. The second kappa shape index (κ2) is 14.9. The highest BCUT2D eigenvalue weighted by Gasteiger charge is 2.40. The van der Waals surface area contributed by atoms with Gasteiger partial charge in [0.15, 0.2) is 11.5 Å². The van der Waals surface area contributed by atoms with E-state index in [1.54, 1.807) is 24.3 Å². The van der Waals surface area contributed by atoms with Crippen molar-refractivity contribution in [1.29, 1.82) is 0 Å². The van der Waals surface area contributed by atoms with Gasteiger partial charge in [0, 0.05) is 42.7 Å². The third-order valence-electron chi connectivity index (χ3n) is 10.4. The third kappa shape index (κ3) is 6.85. The number of halogens is 1. The average molecular weight is 800 g/mol. The molecule has 3 aliphatic heterocycles. The van der Waals surface area contributed by atoms with Gasteiger partial charge in [0.1, 0.15) is 12.2 Å². The number of nitro groups is 1. The van der Waals surface area contributed by atoms with Crippen molar-refractivity contribution in [3.05, 3.63) is 163 Å². The fourth-order valence-electron chi connectivity index (χ4n) is 7.91. The molecule has 1 saturated heterocycles. The van der Waals surface area contributed by atoms with Crippen molar-refractivity contribution in [2.45, 2.75) is 31.3 Å². The van der Waals surface area contributed by atoms with Crippen LogP contribution in [0.4, 0.5) is 21.9 Å². The highest BCUT2D eigenvalue weighted by Crippen LogP contribution is 2.50. The molecule has 2 atom stereocenters. The highest BCUT2D eigenvalue weighted by atomic mass is 79.9. The van der Waals surface area contributed by atoms with E-state index in [1.165, 1.54) is 25.3 Å². The lowest BCUT2D eigenvalue weighted by Crippen LogP contribution is -2.54. The summed E-state index contributed by atoms with van der Waals surface area (Å²) < 4.78 is 12.1. The number of benzene rings is 5. The van der Waals surface area contributed by atoms with Crippen molar-refractivity contribution in [2.24, 2.45) is 0 Å². The van der Waals surface area contributed by atoms with E-state index < -0.39 is 22.8 Å². The first-order valence-electron chi connectivity index (χ1n) is 17.9. The summed E-state index contributed by atoms with van der Waals surface area (Å²) in [6.45, 7) is 1.80. The van der Waals surface area contributed by atoms with E-state index in [2.05, 4.69) is 50.4 Å². The molecule has 12 heteroatoms. The molecule has 0 radical (unpaired) electrons. The number of rotatable bonds is 9. The Morgan fingerprint density at radius 1 is 0.855 bits per heavy atom. The van der Waals surface area contributed by atoms with Crippen LogP contribution in [0.5, 0.6) is 11.5 Å². The summed E-state index contributed by atoms with van der Waals surface area (Å²) in [5.74, 6) is -0.864. The lowest BCUT2D eigenvalue weighted by atomic mass is 9.76. The number of imide groups is 2. The predicted octanol–water partition coefficient (Wildman–Crippen LogP) is 8.49. The number of barbiturate groups is 1. The zero-order valence-electron chi connectivity index (χ0n) is 29.7. The molecule has 0 spiro atoms. The van der Waals surface area contributed by atoms with Crippen LogP contribution < -0.4 is 24.6 Å². The minimum atomic E-state index is -0.820. The molecule has 0 aromatic heterocycles. The molecule has 0 unspecified atom stereocenters. The van der Waals surface area contributed by atoms with E-state index >= 15 is 0 Å². The van der Waals surface area contributed by atoms with Gasteiger partial charge in [-0.1, -0.05) is 72.8 Å². The Bertz CT molecular complexity index is 2310. The number of nitrogens with one attached hydrogen (secondary N) is 1. The Kier molecular flexibility index (Phi) is 9.66. The summed E-state index contributed by atoms with van der Waals surface area (Å²) in [5.41, 5.74) is 6.67. The molecule has 55 heavy (non-hydrogen) atoms. The second-order valence-corrected chi connectivity index (χ2v) is 14.5. The van der Waals surface area contributed by atoms with Gasteiger partial charge in [0.2, 0.25) is 0 Å². The highest BCUT2D eigenvalue weighted by molar-refractivity contribution is 9.10. The van der Waals surface area contributed by atoms with Crippen molar-refractivity contribution in [1.82, 2.24) is 5.32 Å². The van der Waals surface area contributed by atoms with Crippen LogP contribution in [0.1, 0.15) is 58.1 Å². The third-order valence-corrected chi connectivity index (χ3v) is 11.0. The number of carbonyl (C=O) groups is 3. The van der Waals surface area contributed by atoms with Gasteiger partial charge in [-0.3, -0.25) is 25.0 Å². The maximum Gasteiger partial charge on any atom is 0.335 e. The Morgan fingerprint density at radius 3 is 2.09 bits per heavy atom. The Balaban J connectivity index is 1.17. The number of non-ortho nitro benzene ring substituents is 1. The lowest BCUT2D eigenvalue weighted by Gasteiger charge is -2.44. The standard InChI is InChI=1S/C43H35BrN4O7/c1-54-38-22-27(21-37(44)40(38)55-25-26-9-8-14-30(19-26)48(52)53)20-36-41(49)45-43(51)47(42(36)50)31-23-34-32(28-10-4-2-5-11-28)15-17-46-18-16-33(35(24-31)39(34)46)29-12-6-3-7-13-29/h2-14,19-24,32-33H,15-18,25H2,1H3,(H,45,49,51)/b36-20+/t32-,33+. The molecule has 3 aliphatic rings. The van der Waals surface area contributed by atoms with Crippen LogP contribution in [-0.4, -0.2) is 43.0 Å². The van der Waals surface area contributed by atoms with Crippen molar-refractivity contribution >= 4 is 56.9 Å². The van der Waals surface area contributed by atoms with Crippen LogP contribution >= 0.6 is 15.9 Å². The molecule has 4 amide bonds. The summed E-state index contributed by atoms with van der Waals surface area (Å²) >= 11 is 3.52. The number of amides is 4. The summed E-state index contributed by atoms with van der Waals surface area (Å²) in [4.78, 5) is 55.6. The van der Waals surface area contributed by atoms with Gasteiger partial charge in [0.25, 0.3) is 17.5 Å². The Morgan fingerprint density at radius 2 is 1.49 bits per heavy atom. The number of nitrogens with zero attached hydrogens (tertiary/aromatic N) is 3. The fraction of sp³-hybridized carbons (Fsp3) is 0.186. The zero-order valence-corrected chi connectivity index (χ0v) is 31.3. The number of carbonyl (C=O) groups excluding carboxylic acids is 3. The predicted molar refractivity (Wildman–Crippen MR) is 212 cm³/mol. The molecule has 8 rings (SSSR count). The molecular formula is C43H35BrN4O7. The molecule has 0 bridgehead atoms. The van der Waals surface area contributed by atoms with Crippen LogP contribution in [0.25, 0.3) is 6.08 Å². The lowest BCUT2D eigenvalue weighted by molar-refractivity contribution is -0.384. The monoisotopic (exact) mass is 798 g/mol. The summed E-state index contributed by atoms with van der Waals surface area (Å²) in [5, 5.41) is 13.6. The van der Waals surface area contributed by atoms with Gasteiger partial charge < -0.3 is 14.4 Å². The van der Waals surface area contributed by atoms with E-state index in [4.69, 9.17) is 9.47 Å². The maximum absolute atomic E-state index is 14.4. The molecular weight excluding hydrogens is 764 g/mol. The number of methoxy groups -OCH3 is 1. The van der Waals surface area contributed by atoms with Gasteiger partial charge >= 0.3 is 6.03 Å². The molecule has 276 valence electrons.